The number of rotatable bonds is 7. The SMILES string of the molecule is CSCC(C)(O)CNC(=O)NCCc1ccc(F)cc1F. The summed E-state index contributed by atoms with van der Waals surface area (Å²) in [7, 11) is 0. The van der Waals surface area contributed by atoms with Crippen LogP contribution in [0.5, 0.6) is 0 Å². The lowest BCUT2D eigenvalue weighted by atomic mass is 10.1. The summed E-state index contributed by atoms with van der Waals surface area (Å²) in [5.74, 6) is -0.744. The second kappa shape index (κ2) is 8.19. The number of hydrogen-bond donors (Lipinski definition) is 3. The molecule has 0 saturated heterocycles. The van der Waals surface area contributed by atoms with Crippen molar-refractivity contribution in [3.05, 3.63) is 35.4 Å². The van der Waals surface area contributed by atoms with Gasteiger partial charge in [-0.25, -0.2) is 13.6 Å². The van der Waals surface area contributed by atoms with Crippen LogP contribution in [-0.4, -0.2) is 41.8 Å². The van der Waals surface area contributed by atoms with Gasteiger partial charge in [-0.3, -0.25) is 0 Å². The standard InChI is InChI=1S/C14H20F2N2O2S/c1-14(20,9-21-2)8-18-13(19)17-6-5-10-3-4-11(15)7-12(10)16/h3-4,7,20H,5-6,8-9H2,1-2H3,(H2,17,18,19). The summed E-state index contributed by atoms with van der Waals surface area (Å²) < 4.78 is 26.1. The van der Waals surface area contributed by atoms with Crippen molar-refractivity contribution >= 4 is 17.8 Å². The molecular formula is C14H20F2N2O2S. The molecule has 1 atom stereocenters. The molecule has 0 aliphatic heterocycles. The Labute approximate surface area is 127 Å². The van der Waals surface area contributed by atoms with Crippen LogP contribution in [0.2, 0.25) is 0 Å². The normalized spacial score (nSPS) is 13.6. The number of aliphatic hydroxyl groups is 1. The molecule has 118 valence electrons. The summed E-state index contributed by atoms with van der Waals surface area (Å²) in [5, 5.41) is 15.0. The molecule has 0 saturated carbocycles. The molecule has 0 bridgehead atoms. The van der Waals surface area contributed by atoms with Crippen LogP contribution in [0.3, 0.4) is 0 Å². The molecular weight excluding hydrogens is 298 g/mol. The number of thioether (sulfide) groups is 1. The summed E-state index contributed by atoms with van der Waals surface area (Å²) in [6.07, 6.45) is 2.13. The summed E-state index contributed by atoms with van der Waals surface area (Å²) in [6.45, 7) is 1.99. The minimum Gasteiger partial charge on any atom is -0.387 e. The van der Waals surface area contributed by atoms with Gasteiger partial charge in [0.2, 0.25) is 0 Å². The Morgan fingerprint density at radius 1 is 1.38 bits per heavy atom. The third kappa shape index (κ3) is 6.77. The summed E-state index contributed by atoms with van der Waals surface area (Å²) in [6, 6.07) is 2.92. The highest BCUT2D eigenvalue weighted by Gasteiger charge is 2.20. The molecule has 1 unspecified atom stereocenters. The lowest BCUT2D eigenvalue weighted by molar-refractivity contribution is 0.0869. The molecule has 3 N–H and O–H groups in total. The van der Waals surface area contributed by atoms with Crippen molar-refractivity contribution in [3.8, 4) is 0 Å². The van der Waals surface area contributed by atoms with Gasteiger partial charge in [-0.2, -0.15) is 11.8 Å². The van der Waals surface area contributed by atoms with Crippen molar-refractivity contribution in [2.75, 3.05) is 25.1 Å². The van der Waals surface area contributed by atoms with Gasteiger partial charge in [-0.1, -0.05) is 6.07 Å². The van der Waals surface area contributed by atoms with E-state index in [1.54, 1.807) is 6.92 Å². The van der Waals surface area contributed by atoms with Crippen LogP contribution in [0.1, 0.15) is 12.5 Å². The largest absolute Gasteiger partial charge is 0.387 e. The average Bonchev–Trinajstić information content (AvgIpc) is 2.39. The van der Waals surface area contributed by atoms with Crippen LogP contribution in [-0.2, 0) is 6.42 Å². The van der Waals surface area contributed by atoms with Crippen LogP contribution in [0, 0.1) is 11.6 Å². The van der Waals surface area contributed by atoms with E-state index in [0.717, 1.165) is 6.07 Å². The van der Waals surface area contributed by atoms with Crippen LogP contribution in [0.15, 0.2) is 18.2 Å². The minimum absolute atomic E-state index is 0.130. The lowest BCUT2D eigenvalue weighted by Gasteiger charge is -2.22. The quantitative estimate of drug-likeness (QED) is 0.720. The zero-order valence-electron chi connectivity index (χ0n) is 12.1. The van der Waals surface area contributed by atoms with Gasteiger partial charge < -0.3 is 15.7 Å². The highest BCUT2D eigenvalue weighted by Crippen LogP contribution is 2.10. The Bertz CT molecular complexity index is 484. The van der Waals surface area contributed by atoms with E-state index >= 15 is 0 Å². The smallest absolute Gasteiger partial charge is 0.314 e. The fourth-order valence-corrected chi connectivity index (χ4v) is 2.45. The first-order valence-electron chi connectivity index (χ1n) is 6.51. The van der Waals surface area contributed by atoms with E-state index in [2.05, 4.69) is 10.6 Å². The van der Waals surface area contributed by atoms with Gasteiger partial charge in [-0.05, 0) is 31.2 Å². The van der Waals surface area contributed by atoms with Gasteiger partial charge in [0, 0.05) is 24.9 Å². The number of benzene rings is 1. The molecule has 0 aliphatic rings. The Kier molecular flexibility index (Phi) is 6.91. The summed E-state index contributed by atoms with van der Waals surface area (Å²) >= 11 is 1.48. The molecule has 1 aromatic carbocycles. The summed E-state index contributed by atoms with van der Waals surface area (Å²) in [4.78, 5) is 11.5. The van der Waals surface area contributed by atoms with E-state index in [1.165, 1.54) is 23.9 Å². The van der Waals surface area contributed by atoms with E-state index in [9.17, 15) is 18.7 Å². The predicted molar refractivity (Wildman–Crippen MR) is 80.5 cm³/mol. The number of carbonyl (C=O) groups excluding carboxylic acids is 1. The van der Waals surface area contributed by atoms with Crippen molar-refractivity contribution < 1.29 is 18.7 Å². The maximum atomic E-state index is 13.4. The Morgan fingerprint density at radius 2 is 2.10 bits per heavy atom. The Balaban J connectivity index is 2.30. The second-order valence-corrected chi connectivity index (χ2v) is 5.89. The second-order valence-electron chi connectivity index (χ2n) is 5.03. The first-order chi connectivity index (χ1) is 9.84. The molecule has 0 spiro atoms. The van der Waals surface area contributed by atoms with Crippen molar-refractivity contribution in [3.63, 3.8) is 0 Å². The third-order valence-electron chi connectivity index (χ3n) is 2.78. The number of urea groups is 1. The van der Waals surface area contributed by atoms with E-state index in [4.69, 9.17) is 0 Å². The molecule has 0 radical (unpaired) electrons. The van der Waals surface area contributed by atoms with Crippen molar-refractivity contribution in [2.45, 2.75) is 18.9 Å². The Morgan fingerprint density at radius 3 is 2.71 bits per heavy atom. The zero-order valence-corrected chi connectivity index (χ0v) is 12.9. The first-order valence-corrected chi connectivity index (χ1v) is 7.90. The number of halogens is 2. The zero-order chi connectivity index (χ0) is 15.9. The maximum Gasteiger partial charge on any atom is 0.314 e. The van der Waals surface area contributed by atoms with Crippen LogP contribution in [0.4, 0.5) is 13.6 Å². The Hall–Kier alpha value is -1.34. The molecule has 1 aromatic rings. The molecule has 2 amide bonds. The first kappa shape index (κ1) is 17.7. The van der Waals surface area contributed by atoms with Gasteiger partial charge in [0.1, 0.15) is 11.6 Å². The summed E-state index contributed by atoms with van der Waals surface area (Å²) in [5.41, 5.74) is -0.633. The average molecular weight is 318 g/mol. The number of hydrogen-bond acceptors (Lipinski definition) is 3. The van der Waals surface area contributed by atoms with Crippen LogP contribution < -0.4 is 10.6 Å². The minimum atomic E-state index is -0.972. The highest BCUT2D eigenvalue weighted by atomic mass is 32.2. The third-order valence-corrected chi connectivity index (χ3v) is 3.69. The van der Waals surface area contributed by atoms with Crippen LogP contribution in [0.25, 0.3) is 0 Å². The monoisotopic (exact) mass is 318 g/mol. The van der Waals surface area contributed by atoms with E-state index in [0.29, 0.717) is 11.3 Å². The molecule has 7 heteroatoms. The van der Waals surface area contributed by atoms with Gasteiger partial charge in [0.05, 0.1) is 5.60 Å². The van der Waals surface area contributed by atoms with Gasteiger partial charge in [0.15, 0.2) is 0 Å². The van der Waals surface area contributed by atoms with E-state index in [1.807, 2.05) is 6.26 Å². The molecule has 4 nitrogen and oxygen atoms in total. The van der Waals surface area contributed by atoms with Gasteiger partial charge >= 0.3 is 6.03 Å². The topological polar surface area (TPSA) is 61.4 Å². The number of nitrogens with one attached hydrogen (secondary N) is 2. The lowest BCUT2D eigenvalue weighted by Crippen LogP contribution is -2.46. The molecule has 21 heavy (non-hydrogen) atoms. The van der Waals surface area contributed by atoms with E-state index in [-0.39, 0.29) is 19.5 Å². The van der Waals surface area contributed by atoms with Crippen molar-refractivity contribution in [1.82, 2.24) is 10.6 Å². The predicted octanol–water partition coefficient (Wildman–Crippen LogP) is 1.92. The molecule has 0 heterocycles. The van der Waals surface area contributed by atoms with E-state index < -0.39 is 23.3 Å². The van der Waals surface area contributed by atoms with Crippen LogP contribution >= 0.6 is 11.8 Å². The van der Waals surface area contributed by atoms with Gasteiger partial charge in [0.25, 0.3) is 0 Å². The number of carbonyl (C=O) groups is 1. The highest BCUT2D eigenvalue weighted by molar-refractivity contribution is 7.98. The molecule has 0 aliphatic carbocycles. The van der Waals surface area contributed by atoms with Crippen molar-refractivity contribution in [1.29, 1.82) is 0 Å². The molecule has 0 fully saturated rings. The van der Waals surface area contributed by atoms with Crippen molar-refractivity contribution in [2.24, 2.45) is 0 Å². The maximum absolute atomic E-state index is 13.4. The molecule has 0 aromatic heterocycles. The van der Waals surface area contributed by atoms with Gasteiger partial charge in [-0.15, -0.1) is 0 Å². The fraction of sp³-hybridized carbons (Fsp3) is 0.500. The molecule has 1 rings (SSSR count). The number of amides is 2. The fourth-order valence-electron chi connectivity index (χ4n) is 1.73.